The van der Waals surface area contributed by atoms with E-state index >= 15 is 0 Å². The van der Waals surface area contributed by atoms with Crippen LogP contribution in [0.1, 0.15) is 15.9 Å². The standard InChI is InChI=1S/C22H17ClF3NO5S/c1-31-20-17(23)11-15(22(24,25)26)12-19(20)33(29,30)27-18-10-14(13-6-4-3-5-7-13)8-9-16(18)21(28)32-2/h3-12,27H,1-2H3. The molecular weight excluding hydrogens is 483 g/mol. The lowest BCUT2D eigenvalue weighted by Crippen LogP contribution is -2.18. The molecule has 0 saturated carbocycles. The normalized spacial score (nSPS) is 11.7. The highest BCUT2D eigenvalue weighted by atomic mass is 35.5. The van der Waals surface area contributed by atoms with E-state index in [0.717, 1.165) is 14.2 Å². The van der Waals surface area contributed by atoms with Crippen molar-refractivity contribution in [2.75, 3.05) is 18.9 Å². The fourth-order valence-electron chi connectivity index (χ4n) is 3.06. The number of methoxy groups -OCH3 is 2. The minimum atomic E-state index is -4.86. The van der Waals surface area contributed by atoms with Crippen molar-refractivity contribution in [3.05, 3.63) is 76.8 Å². The summed E-state index contributed by atoms with van der Waals surface area (Å²) < 4.78 is 78.0. The Labute approximate surface area is 193 Å². The molecule has 0 unspecified atom stereocenters. The molecule has 0 aliphatic rings. The summed E-state index contributed by atoms with van der Waals surface area (Å²) in [4.78, 5) is 11.4. The molecule has 174 valence electrons. The van der Waals surface area contributed by atoms with Gasteiger partial charge in [-0.2, -0.15) is 13.2 Å². The molecule has 3 aromatic rings. The zero-order valence-electron chi connectivity index (χ0n) is 17.2. The first-order valence-corrected chi connectivity index (χ1v) is 11.1. The predicted octanol–water partition coefficient (Wildman–Crippen LogP) is 5.62. The quantitative estimate of drug-likeness (QED) is 0.445. The van der Waals surface area contributed by atoms with Gasteiger partial charge in [-0.3, -0.25) is 4.72 Å². The number of alkyl halides is 3. The molecular formula is C22H17ClF3NO5S. The van der Waals surface area contributed by atoms with Crippen LogP contribution in [-0.2, 0) is 20.9 Å². The summed E-state index contributed by atoms with van der Waals surface area (Å²) in [6, 6.07) is 14.1. The minimum absolute atomic E-state index is 0.141. The van der Waals surface area contributed by atoms with Crippen LogP contribution in [0.15, 0.2) is 65.6 Å². The Morgan fingerprint density at radius 1 is 0.970 bits per heavy atom. The van der Waals surface area contributed by atoms with Gasteiger partial charge in [-0.15, -0.1) is 0 Å². The van der Waals surface area contributed by atoms with E-state index in [1.807, 2.05) is 0 Å². The highest BCUT2D eigenvalue weighted by molar-refractivity contribution is 7.92. The Balaban J connectivity index is 2.17. The SMILES string of the molecule is COC(=O)c1ccc(-c2ccccc2)cc1NS(=O)(=O)c1cc(C(F)(F)F)cc(Cl)c1OC. The van der Waals surface area contributed by atoms with Gasteiger partial charge in [0.15, 0.2) is 5.75 Å². The molecule has 11 heteroatoms. The van der Waals surface area contributed by atoms with E-state index in [-0.39, 0.29) is 11.3 Å². The summed E-state index contributed by atoms with van der Waals surface area (Å²) in [6.07, 6.45) is -4.86. The highest BCUT2D eigenvalue weighted by Crippen LogP contribution is 2.40. The lowest BCUT2D eigenvalue weighted by atomic mass is 10.0. The van der Waals surface area contributed by atoms with E-state index in [0.29, 0.717) is 23.3 Å². The number of carbonyl (C=O) groups excluding carboxylic acids is 1. The molecule has 1 N–H and O–H groups in total. The molecule has 3 aromatic carbocycles. The number of benzene rings is 3. The third-order valence-electron chi connectivity index (χ3n) is 4.61. The largest absolute Gasteiger partial charge is 0.494 e. The van der Waals surface area contributed by atoms with Crippen molar-refractivity contribution in [3.8, 4) is 16.9 Å². The summed E-state index contributed by atoms with van der Waals surface area (Å²) in [7, 11) is -2.51. The molecule has 6 nitrogen and oxygen atoms in total. The number of nitrogens with one attached hydrogen (secondary N) is 1. The number of anilines is 1. The van der Waals surface area contributed by atoms with Crippen molar-refractivity contribution in [1.29, 1.82) is 0 Å². The van der Waals surface area contributed by atoms with E-state index in [9.17, 15) is 26.4 Å². The third kappa shape index (κ3) is 5.23. The maximum Gasteiger partial charge on any atom is 0.416 e. The topological polar surface area (TPSA) is 81.7 Å². The van der Waals surface area contributed by atoms with Gasteiger partial charge in [0.1, 0.15) is 4.90 Å². The average molecular weight is 500 g/mol. The number of halogens is 4. The molecule has 0 atom stereocenters. The number of rotatable bonds is 6. The Morgan fingerprint density at radius 2 is 1.64 bits per heavy atom. The van der Waals surface area contributed by atoms with Crippen molar-refractivity contribution >= 4 is 33.3 Å². The summed E-state index contributed by atoms with van der Waals surface area (Å²) in [6.45, 7) is 0. The monoisotopic (exact) mass is 499 g/mol. The molecule has 0 spiro atoms. The first-order chi connectivity index (χ1) is 15.5. The number of ether oxygens (including phenoxy) is 2. The number of esters is 1. The predicted molar refractivity (Wildman–Crippen MR) is 117 cm³/mol. The second kappa shape index (κ2) is 9.32. The fraction of sp³-hybridized carbons (Fsp3) is 0.136. The van der Waals surface area contributed by atoms with Crippen LogP contribution in [0.3, 0.4) is 0 Å². The van der Waals surface area contributed by atoms with Crippen molar-refractivity contribution < 1.29 is 35.9 Å². The molecule has 0 radical (unpaired) electrons. The van der Waals surface area contributed by atoms with E-state index in [4.69, 9.17) is 21.1 Å². The van der Waals surface area contributed by atoms with Gasteiger partial charge < -0.3 is 9.47 Å². The van der Waals surface area contributed by atoms with Crippen LogP contribution in [0.4, 0.5) is 18.9 Å². The van der Waals surface area contributed by atoms with E-state index in [2.05, 4.69) is 4.72 Å². The molecule has 0 fully saturated rings. The van der Waals surface area contributed by atoms with Crippen LogP contribution >= 0.6 is 11.6 Å². The lowest BCUT2D eigenvalue weighted by Gasteiger charge is -2.17. The van der Waals surface area contributed by atoms with Crippen molar-refractivity contribution in [2.24, 2.45) is 0 Å². The van der Waals surface area contributed by atoms with Gasteiger partial charge in [-0.1, -0.05) is 48.0 Å². The molecule has 33 heavy (non-hydrogen) atoms. The van der Waals surface area contributed by atoms with Crippen LogP contribution in [0.5, 0.6) is 5.75 Å². The summed E-state index contributed by atoms with van der Waals surface area (Å²) in [5, 5.41) is -0.543. The second-order valence-electron chi connectivity index (χ2n) is 6.71. The fourth-order valence-corrected chi connectivity index (χ4v) is 4.70. The van der Waals surface area contributed by atoms with E-state index in [1.54, 1.807) is 36.4 Å². The zero-order chi connectivity index (χ0) is 24.4. The van der Waals surface area contributed by atoms with Gasteiger partial charge in [0.2, 0.25) is 0 Å². The van der Waals surface area contributed by atoms with Crippen LogP contribution in [0.2, 0.25) is 5.02 Å². The van der Waals surface area contributed by atoms with Crippen LogP contribution < -0.4 is 9.46 Å². The second-order valence-corrected chi connectivity index (χ2v) is 8.77. The van der Waals surface area contributed by atoms with Gasteiger partial charge in [-0.25, -0.2) is 13.2 Å². The molecule has 0 heterocycles. The summed E-state index contributed by atoms with van der Waals surface area (Å²) in [5.74, 6) is -1.32. The zero-order valence-corrected chi connectivity index (χ0v) is 18.8. The van der Waals surface area contributed by atoms with Crippen molar-refractivity contribution in [2.45, 2.75) is 11.1 Å². The highest BCUT2D eigenvalue weighted by Gasteiger charge is 2.35. The Bertz CT molecular complexity index is 1300. The molecule has 0 saturated heterocycles. The molecule has 3 rings (SSSR count). The summed E-state index contributed by atoms with van der Waals surface area (Å²) in [5.41, 5.74) is -0.347. The maximum absolute atomic E-state index is 13.3. The summed E-state index contributed by atoms with van der Waals surface area (Å²) >= 11 is 5.87. The van der Waals surface area contributed by atoms with Gasteiger partial charge in [0.05, 0.1) is 36.1 Å². The first kappa shape index (κ1) is 24.4. The Morgan fingerprint density at radius 3 is 2.21 bits per heavy atom. The maximum atomic E-state index is 13.3. The van der Waals surface area contributed by atoms with Crippen LogP contribution in [0, 0.1) is 0 Å². The first-order valence-electron chi connectivity index (χ1n) is 9.23. The Hall–Kier alpha value is -3.24. The molecule has 0 bridgehead atoms. The van der Waals surface area contributed by atoms with Crippen molar-refractivity contribution in [1.82, 2.24) is 0 Å². The molecule has 0 aliphatic heterocycles. The molecule has 0 aromatic heterocycles. The number of sulfonamides is 1. The smallest absolute Gasteiger partial charge is 0.416 e. The molecule has 0 aliphatic carbocycles. The average Bonchev–Trinajstić information content (AvgIpc) is 2.77. The number of hydrogen-bond acceptors (Lipinski definition) is 5. The molecule has 0 amide bonds. The Kier molecular flexibility index (Phi) is 6.89. The van der Waals surface area contributed by atoms with Gasteiger partial charge in [0.25, 0.3) is 10.0 Å². The van der Waals surface area contributed by atoms with Gasteiger partial charge in [0, 0.05) is 0 Å². The van der Waals surface area contributed by atoms with E-state index < -0.39 is 43.4 Å². The van der Waals surface area contributed by atoms with Crippen LogP contribution in [0.25, 0.3) is 11.1 Å². The third-order valence-corrected chi connectivity index (χ3v) is 6.26. The minimum Gasteiger partial charge on any atom is -0.494 e. The van der Waals surface area contributed by atoms with Gasteiger partial charge in [-0.05, 0) is 35.4 Å². The lowest BCUT2D eigenvalue weighted by molar-refractivity contribution is -0.137. The van der Waals surface area contributed by atoms with Crippen LogP contribution in [-0.4, -0.2) is 28.6 Å². The number of hydrogen-bond donors (Lipinski definition) is 1. The van der Waals surface area contributed by atoms with E-state index in [1.165, 1.54) is 12.1 Å². The number of carbonyl (C=O) groups is 1. The van der Waals surface area contributed by atoms with Gasteiger partial charge >= 0.3 is 12.1 Å². The van der Waals surface area contributed by atoms with Crippen molar-refractivity contribution in [3.63, 3.8) is 0 Å².